The summed E-state index contributed by atoms with van der Waals surface area (Å²) >= 11 is 0. The summed E-state index contributed by atoms with van der Waals surface area (Å²) in [6, 6.07) is 16.2. The van der Waals surface area contributed by atoms with Crippen LogP contribution in [-0.2, 0) is 18.6 Å². The van der Waals surface area contributed by atoms with Crippen molar-refractivity contribution in [1.82, 2.24) is 9.55 Å². The van der Waals surface area contributed by atoms with E-state index in [0.717, 1.165) is 36.2 Å². The van der Waals surface area contributed by atoms with Gasteiger partial charge in [0.2, 0.25) is 0 Å². The largest absolute Gasteiger partial charge is 0.494 e. The molecular weight excluding hydrogens is 312 g/mol. The summed E-state index contributed by atoms with van der Waals surface area (Å²) < 4.78 is 7.94. The molecule has 0 amide bonds. The molecule has 3 aromatic rings. The second-order valence-corrected chi connectivity index (χ2v) is 6.83. The maximum Gasteiger partial charge on any atom is 0.141 e. The maximum atomic E-state index is 10.4. The Balaban J connectivity index is 1.68. The number of aryl methyl sites for hydroxylation is 2. The van der Waals surface area contributed by atoms with E-state index >= 15 is 0 Å². The van der Waals surface area contributed by atoms with E-state index in [2.05, 4.69) is 28.6 Å². The predicted molar refractivity (Wildman–Crippen MR) is 101 cm³/mol. The maximum absolute atomic E-state index is 10.4. The number of aromatic nitrogens is 2. The number of aliphatic hydroxyl groups is 1. The average Bonchev–Trinajstić information content (AvgIpc) is 2.98. The van der Waals surface area contributed by atoms with Gasteiger partial charge in [-0.3, -0.25) is 0 Å². The number of fused-ring (bicyclic) bond motifs is 1. The summed E-state index contributed by atoms with van der Waals surface area (Å²) in [6.07, 6.45) is 1.88. The van der Waals surface area contributed by atoms with Crippen molar-refractivity contribution in [1.29, 1.82) is 0 Å². The fourth-order valence-corrected chi connectivity index (χ4v) is 3.00. The van der Waals surface area contributed by atoms with E-state index in [0.29, 0.717) is 12.4 Å². The van der Waals surface area contributed by atoms with Crippen molar-refractivity contribution in [3.8, 4) is 5.75 Å². The fourth-order valence-electron chi connectivity index (χ4n) is 3.00. The summed E-state index contributed by atoms with van der Waals surface area (Å²) in [4.78, 5) is 4.61. The number of rotatable bonds is 7. The molecule has 0 bridgehead atoms. The Morgan fingerprint density at radius 2 is 1.80 bits per heavy atom. The van der Waals surface area contributed by atoms with Crippen molar-refractivity contribution in [2.75, 3.05) is 6.61 Å². The predicted octanol–water partition coefficient (Wildman–Crippen LogP) is 4.30. The van der Waals surface area contributed by atoms with Gasteiger partial charge in [-0.2, -0.15) is 0 Å². The Bertz CT molecular complexity index is 829. The van der Waals surface area contributed by atoms with E-state index in [1.165, 1.54) is 5.56 Å². The Morgan fingerprint density at radius 3 is 2.48 bits per heavy atom. The van der Waals surface area contributed by atoms with E-state index in [9.17, 15) is 5.11 Å². The molecule has 0 aliphatic carbocycles. The first-order valence-corrected chi connectivity index (χ1v) is 8.89. The van der Waals surface area contributed by atoms with Crippen molar-refractivity contribution in [3.63, 3.8) is 0 Å². The summed E-state index contributed by atoms with van der Waals surface area (Å²) in [5.74, 6) is 1.59. The fraction of sp³-hybridized carbons (Fsp3) is 0.381. The molecular formula is C21H26N2O2. The van der Waals surface area contributed by atoms with Crippen LogP contribution in [-0.4, -0.2) is 21.3 Å². The van der Waals surface area contributed by atoms with Crippen molar-refractivity contribution < 1.29 is 9.84 Å². The van der Waals surface area contributed by atoms with Crippen LogP contribution in [0.5, 0.6) is 5.75 Å². The van der Waals surface area contributed by atoms with Gasteiger partial charge in [0, 0.05) is 6.54 Å². The molecule has 0 saturated heterocycles. The number of para-hydroxylation sites is 2. The second kappa shape index (κ2) is 7.28. The van der Waals surface area contributed by atoms with Crippen LogP contribution in [0, 0.1) is 0 Å². The Morgan fingerprint density at radius 1 is 1.08 bits per heavy atom. The van der Waals surface area contributed by atoms with E-state index in [-0.39, 0.29) is 0 Å². The van der Waals surface area contributed by atoms with Crippen LogP contribution >= 0.6 is 0 Å². The minimum Gasteiger partial charge on any atom is -0.494 e. The molecule has 0 unspecified atom stereocenters. The van der Waals surface area contributed by atoms with Gasteiger partial charge in [-0.1, -0.05) is 31.2 Å². The summed E-state index contributed by atoms with van der Waals surface area (Å²) in [7, 11) is 0. The monoisotopic (exact) mass is 338 g/mol. The summed E-state index contributed by atoms with van der Waals surface area (Å²) in [6.45, 7) is 7.08. The first-order valence-electron chi connectivity index (χ1n) is 8.89. The summed E-state index contributed by atoms with van der Waals surface area (Å²) in [5, 5.41) is 10.4. The van der Waals surface area contributed by atoms with Gasteiger partial charge in [0.25, 0.3) is 0 Å². The summed E-state index contributed by atoms with van der Waals surface area (Å²) in [5.41, 5.74) is 2.30. The topological polar surface area (TPSA) is 47.3 Å². The van der Waals surface area contributed by atoms with Crippen molar-refractivity contribution in [3.05, 3.63) is 59.9 Å². The molecule has 132 valence electrons. The number of imidazole rings is 1. The third kappa shape index (κ3) is 4.02. The molecule has 1 aromatic heterocycles. The highest BCUT2D eigenvalue weighted by atomic mass is 16.5. The lowest BCUT2D eigenvalue weighted by molar-refractivity contribution is 0.0649. The van der Waals surface area contributed by atoms with Gasteiger partial charge < -0.3 is 14.4 Å². The highest BCUT2D eigenvalue weighted by Crippen LogP contribution is 2.25. The molecule has 0 radical (unpaired) electrons. The molecule has 2 aromatic carbocycles. The molecule has 1 N–H and O–H groups in total. The van der Waals surface area contributed by atoms with Crippen LogP contribution in [0.4, 0.5) is 0 Å². The number of hydrogen-bond acceptors (Lipinski definition) is 3. The molecule has 25 heavy (non-hydrogen) atoms. The molecule has 1 heterocycles. The van der Waals surface area contributed by atoms with Crippen molar-refractivity contribution in [2.24, 2.45) is 0 Å². The molecule has 3 rings (SSSR count). The van der Waals surface area contributed by atoms with Gasteiger partial charge in [0.1, 0.15) is 17.2 Å². The van der Waals surface area contributed by atoms with E-state index in [4.69, 9.17) is 4.74 Å². The zero-order chi connectivity index (χ0) is 17.9. The molecule has 0 fully saturated rings. The smallest absolute Gasteiger partial charge is 0.141 e. The zero-order valence-electron chi connectivity index (χ0n) is 15.2. The molecule has 4 heteroatoms. The van der Waals surface area contributed by atoms with Crippen LogP contribution in [0.1, 0.15) is 38.6 Å². The quantitative estimate of drug-likeness (QED) is 0.654. The lowest BCUT2D eigenvalue weighted by atomic mass is 10.1. The molecule has 0 saturated carbocycles. The lowest BCUT2D eigenvalue weighted by Gasteiger charge is -2.19. The van der Waals surface area contributed by atoms with E-state index < -0.39 is 5.60 Å². The SMILES string of the molecule is CCc1ccc(OCCCn2c(C(C)(C)O)nc3ccccc32)cc1. The van der Waals surface area contributed by atoms with Crippen LogP contribution in [0.3, 0.4) is 0 Å². The first-order chi connectivity index (χ1) is 12.0. The number of hydrogen-bond donors (Lipinski definition) is 1. The third-order valence-electron chi connectivity index (χ3n) is 4.33. The molecule has 0 atom stereocenters. The number of benzene rings is 2. The molecule has 0 aliphatic rings. The van der Waals surface area contributed by atoms with E-state index in [1.807, 2.05) is 36.4 Å². The van der Waals surface area contributed by atoms with Crippen LogP contribution in [0.15, 0.2) is 48.5 Å². The van der Waals surface area contributed by atoms with Gasteiger partial charge in [-0.25, -0.2) is 4.98 Å². The van der Waals surface area contributed by atoms with Crippen molar-refractivity contribution >= 4 is 11.0 Å². The number of nitrogens with zero attached hydrogens (tertiary/aromatic N) is 2. The highest BCUT2D eigenvalue weighted by molar-refractivity contribution is 5.76. The molecule has 0 spiro atoms. The van der Waals surface area contributed by atoms with Gasteiger partial charge in [-0.15, -0.1) is 0 Å². The molecule has 4 nitrogen and oxygen atoms in total. The first kappa shape index (κ1) is 17.5. The van der Waals surface area contributed by atoms with E-state index in [1.54, 1.807) is 13.8 Å². The Labute approximate surface area is 149 Å². The lowest BCUT2D eigenvalue weighted by Crippen LogP contribution is -2.22. The molecule has 0 aliphatic heterocycles. The Hall–Kier alpha value is -2.33. The minimum atomic E-state index is -0.976. The highest BCUT2D eigenvalue weighted by Gasteiger charge is 2.24. The van der Waals surface area contributed by atoms with Gasteiger partial charge in [-0.05, 0) is 56.5 Å². The van der Waals surface area contributed by atoms with Crippen LogP contribution in [0.2, 0.25) is 0 Å². The second-order valence-electron chi connectivity index (χ2n) is 6.83. The van der Waals surface area contributed by atoms with Gasteiger partial charge in [0.15, 0.2) is 0 Å². The van der Waals surface area contributed by atoms with Crippen molar-refractivity contribution in [2.45, 2.75) is 45.8 Å². The zero-order valence-corrected chi connectivity index (χ0v) is 15.2. The Kier molecular flexibility index (Phi) is 5.09. The van der Waals surface area contributed by atoms with Gasteiger partial charge >= 0.3 is 0 Å². The van der Waals surface area contributed by atoms with Crippen LogP contribution < -0.4 is 4.74 Å². The number of ether oxygens (including phenoxy) is 1. The average molecular weight is 338 g/mol. The normalized spacial score (nSPS) is 11.8. The van der Waals surface area contributed by atoms with Gasteiger partial charge in [0.05, 0.1) is 17.6 Å². The standard InChI is InChI=1S/C21H26N2O2/c1-4-16-10-12-17(13-11-16)25-15-7-14-23-19-9-6-5-8-18(19)22-20(23)21(2,3)24/h5-6,8-13,24H,4,7,14-15H2,1-3H3. The third-order valence-corrected chi connectivity index (χ3v) is 4.33. The minimum absolute atomic E-state index is 0.628. The van der Waals surface area contributed by atoms with Crippen LogP contribution in [0.25, 0.3) is 11.0 Å².